The highest BCUT2D eigenvalue weighted by molar-refractivity contribution is 6.02. The second-order valence-corrected chi connectivity index (χ2v) is 10.1. The Labute approximate surface area is 243 Å². The zero-order chi connectivity index (χ0) is 29.6. The fourth-order valence-electron chi connectivity index (χ4n) is 4.76. The maximum atomic E-state index is 13.6. The number of oxazole rings is 1. The lowest BCUT2D eigenvalue weighted by Gasteiger charge is -2.27. The topological polar surface area (TPSA) is 127 Å². The molecule has 214 valence electrons. The maximum Gasteiger partial charge on any atom is 0.302 e. The zero-order valence-electron chi connectivity index (χ0n) is 23.6. The summed E-state index contributed by atoms with van der Waals surface area (Å²) in [6.07, 6.45) is 2.95. The van der Waals surface area contributed by atoms with Gasteiger partial charge in [-0.1, -0.05) is 54.1 Å². The van der Waals surface area contributed by atoms with Crippen LogP contribution in [0.5, 0.6) is 0 Å². The first-order valence-electron chi connectivity index (χ1n) is 13.5. The van der Waals surface area contributed by atoms with Gasteiger partial charge < -0.3 is 25.8 Å². The van der Waals surface area contributed by atoms with Gasteiger partial charge in [-0.2, -0.15) is 4.98 Å². The van der Waals surface area contributed by atoms with E-state index in [4.69, 9.17) is 14.8 Å². The number of benzene rings is 3. The molecule has 5 rings (SSSR count). The Morgan fingerprint density at radius 1 is 1.10 bits per heavy atom. The van der Waals surface area contributed by atoms with E-state index in [1.807, 2.05) is 56.3 Å². The normalized spacial score (nSPS) is 15.2. The van der Waals surface area contributed by atoms with Crippen LogP contribution in [0.3, 0.4) is 0 Å². The molecule has 0 bridgehead atoms. The Kier molecular flexibility index (Phi) is 8.42. The molecule has 5 N–H and O–H groups in total. The van der Waals surface area contributed by atoms with Crippen molar-refractivity contribution in [1.29, 1.82) is 5.41 Å². The summed E-state index contributed by atoms with van der Waals surface area (Å²) in [7, 11) is 0. The van der Waals surface area contributed by atoms with Gasteiger partial charge in [0, 0.05) is 42.8 Å². The summed E-state index contributed by atoms with van der Waals surface area (Å²) >= 11 is 0. The smallest absolute Gasteiger partial charge is 0.302 e. The minimum atomic E-state index is -0.625. The van der Waals surface area contributed by atoms with Crippen LogP contribution in [0.15, 0.2) is 99.2 Å². The molecule has 1 aromatic heterocycles. The van der Waals surface area contributed by atoms with Gasteiger partial charge in [0.2, 0.25) is 5.96 Å². The van der Waals surface area contributed by atoms with Crippen LogP contribution in [-0.4, -0.2) is 29.6 Å². The summed E-state index contributed by atoms with van der Waals surface area (Å²) in [5.74, 6) is -0.386. The SMILES string of the molecule is CC1=C(C(=O)NC/C(C=N)=C/NCc2ccccc2)C(c2ccc(C)cc2C)N=C(Nc2nc3ccc(F)cc3o2)N1. The lowest BCUT2D eigenvalue weighted by molar-refractivity contribution is -0.117. The molecule has 10 heteroatoms. The van der Waals surface area contributed by atoms with Crippen LogP contribution < -0.4 is 21.3 Å². The molecule has 2 heterocycles. The Hall–Kier alpha value is -5.25. The van der Waals surface area contributed by atoms with Crippen molar-refractivity contribution in [2.24, 2.45) is 4.99 Å². The van der Waals surface area contributed by atoms with Crippen LogP contribution in [0.25, 0.3) is 11.1 Å². The van der Waals surface area contributed by atoms with Crippen molar-refractivity contribution in [2.75, 3.05) is 11.9 Å². The number of aliphatic imine (C=N–C) groups is 1. The first-order chi connectivity index (χ1) is 20.3. The molecule has 1 aliphatic rings. The molecule has 1 unspecified atom stereocenters. The van der Waals surface area contributed by atoms with E-state index in [0.717, 1.165) is 22.3 Å². The van der Waals surface area contributed by atoms with Gasteiger partial charge in [-0.25, -0.2) is 9.38 Å². The third-order valence-corrected chi connectivity index (χ3v) is 6.86. The predicted molar refractivity (Wildman–Crippen MR) is 163 cm³/mol. The summed E-state index contributed by atoms with van der Waals surface area (Å²) in [4.78, 5) is 22.8. The predicted octanol–water partition coefficient (Wildman–Crippen LogP) is 5.41. The molecule has 0 fully saturated rings. The largest absolute Gasteiger partial charge is 0.423 e. The molecule has 3 aromatic carbocycles. The zero-order valence-corrected chi connectivity index (χ0v) is 23.6. The van der Waals surface area contributed by atoms with Crippen molar-refractivity contribution in [3.05, 3.63) is 118 Å². The summed E-state index contributed by atoms with van der Waals surface area (Å²) in [6.45, 7) is 6.57. The first kappa shape index (κ1) is 28.3. The van der Waals surface area contributed by atoms with Crippen LogP contribution in [-0.2, 0) is 11.3 Å². The molecule has 4 aromatic rings. The highest BCUT2D eigenvalue weighted by atomic mass is 19.1. The fourth-order valence-corrected chi connectivity index (χ4v) is 4.76. The lowest BCUT2D eigenvalue weighted by atomic mass is 9.91. The summed E-state index contributed by atoms with van der Waals surface area (Å²) in [5, 5.41) is 20.1. The minimum absolute atomic E-state index is 0.144. The molecule has 9 nitrogen and oxygen atoms in total. The molecule has 42 heavy (non-hydrogen) atoms. The number of nitrogens with zero attached hydrogens (tertiary/aromatic N) is 2. The number of fused-ring (bicyclic) bond motifs is 1. The van der Waals surface area contributed by atoms with Gasteiger partial charge >= 0.3 is 6.01 Å². The molecule has 0 saturated heterocycles. The number of aromatic nitrogens is 1. The third-order valence-electron chi connectivity index (χ3n) is 6.86. The summed E-state index contributed by atoms with van der Waals surface area (Å²) in [6, 6.07) is 19.6. The highest BCUT2D eigenvalue weighted by Gasteiger charge is 2.30. The van der Waals surface area contributed by atoms with E-state index in [0.29, 0.717) is 40.4 Å². The van der Waals surface area contributed by atoms with Crippen molar-refractivity contribution < 1.29 is 13.6 Å². The molecular formula is C32H32FN7O2. The number of halogens is 1. The van der Waals surface area contributed by atoms with Gasteiger partial charge in [0.1, 0.15) is 17.4 Å². The Balaban J connectivity index is 1.36. The minimum Gasteiger partial charge on any atom is -0.423 e. The lowest BCUT2D eigenvalue weighted by Crippen LogP contribution is -2.39. The highest BCUT2D eigenvalue weighted by Crippen LogP contribution is 2.33. The molecule has 0 saturated carbocycles. The first-order valence-corrected chi connectivity index (χ1v) is 13.5. The van der Waals surface area contributed by atoms with Crippen molar-refractivity contribution in [2.45, 2.75) is 33.4 Å². The number of aryl methyl sites for hydroxylation is 2. The van der Waals surface area contributed by atoms with Crippen LogP contribution in [0.2, 0.25) is 0 Å². The standard InChI is InChI=1S/C32H32FN7O2/c1-19-9-11-25(20(2)13-19)29-28(30(41)36-18-23(15-34)17-35-16-22-7-5-4-6-8-22)21(3)37-31(39-29)40-32-38-26-12-10-24(33)14-27(26)42-32/h4-15,17,29,34-35H,16,18H2,1-3H3,(H,36,41)(H2,37,38,39,40)/b23-17+,34-15?. The number of guanidine groups is 1. The van der Waals surface area contributed by atoms with Gasteiger partial charge in [0.05, 0.1) is 5.57 Å². The van der Waals surface area contributed by atoms with Gasteiger partial charge in [-0.15, -0.1) is 0 Å². The summed E-state index contributed by atoms with van der Waals surface area (Å²) < 4.78 is 19.3. The quantitative estimate of drug-likeness (QED) is 0.173. The number of amides is 1. The van der Waals surface area contributed by atoms with Gasteiger partial charge in [-0.3, -0.25) is 10.1 Å². The van der Waals surface area contributed by atoms with Crippen LogP contribution in [0, 0.1) is 25.1 Å². The van der Waals surface area contributed by atoms with E-state index in [-0.39, 0.29) is 18.5 Å². The molecular weight excluding hydrogens is 533 g/mol. The number of carbonyl (C=O) groups is 1. The monoisotopic (exact) mass is 565 g/mol. The van der Waals surface area contributed by atoms with Crippen LogP contribution >= 0.6 is 0 Å². The number of nitrogens with one attached hydrogen (secondary N) is 5. The van der Waals surface area contributed by atoms with E-state index in [9.17, 15) is 9.18 Å². The Bertz CT molecular complexity index is 1720. The van der Waals surface area contributed by atoms with E-state index >= 15 is 0 Å². The third kappa shape index (κ3) is 6.55. The molecule has 0 spiro atoms. The fraction of sp³-hybridized carbons (Fsp3) is 0.188. The Morgan fingerprint density at radius 3 is 2.67 bits per heavy atom. The average Bonchev–Trinajstić information content (AvgIpc) is 3.36. The van der Waals surface area contributed by atoms with Gasteiger partial charge in [0.25, 0.3) is 5.91 Å². The molecule has 1 amide bonds. The number of hydrogen-bond donors (Lipinski definition) is 5. The molecule has 0 radical (unpaired) electrons. The average molecular weight is 566 g/mol. The van der Waals surface area contributed by atoms with Crippen molar-refractivity contribution in [3.8, 4) is 0 Å². The van der Waals surface area contributed by atoms with Crippen molar-refractivity contribution in [1.82, 2.24) is 20.9 Å². The number of rotatable bonds is 9. The van der Waals surface area contributed by atoms with E-state index in [1.54, 1.807) is 13.1 Å². The van der Waals surface area contributed by atoms with Crippen molar-refractivity contribution >= 4 is 35.2 Å². The van der Waals surface area contributed by atoms with Gasteiger partial charge in [-0.05, 0) is 49.6 Å². The number of hydrogen-bond acceptors (Lipinski definition) is 8. The molecule has 1 aliphatic heterocycles. The van der Waals surface area contributed by atoms with Crippen LogP contribution in [0.1, 0.15) is 35.2 Å². The Morgan fingerprint density at radius 2 is 1.90 bits per heavy atom. The second-order valence-electron chi connectivity index (χ2n) is 10.1. The number of allylic oxidation sites excluding steroid dienone is 1. The maximum absolute atomic E-state index is 13.6. The number of anilines is 1. The second kappa shape index (κ2) is 12.5. The van der Waals surface area contributed by atoms with E-state index in [2.05, 4.69) is 32.3 Å². The number of carbonyl (C=O) groups excluding carboxylic acids is 1. The van der Waals surface area contributed by atoms with Crippen molar-refractivity contribution in [3.63, 3.8) is 0 Å². The molecule has 0 aliphatic carbocycles. The summed E-state index contributed by atoms with van der Waals surface area (Å²) in [5.41, 5.74) is 6.54. The van der Waals surface area contributed by atoms with Gasteiger partial charge in [0.15, 0.2) is 5.58 Å². The molecule has 1 atom stereocenters. The van der Waals surface area contributed by atoms with E-state index in [1.165, 1.54) is 24.4 Å². The van der Waals surface area contributed by atoms with E-state index < -0.39 is 11.9 Å². The van der Waals surface area contributed by atoms with Crippen LogP contribution in [0.4, 0.5) is 10.4 Å².